The molecule has 0 radical (unpaired) electrons. The predicted octanol–water partition coefficient (Wildman–Crippen LogP) is 4.84. The summed E-state index contributed by atoms with van der Waals surface area (Å²) in [4.78, 5) is 38.4. The van der Waals surface area contributed by atoms with Gasteiger partial charge in [0.05, 0.1) is 11.9 Å². The first-order chi connectivity index (χ1) is 20.9. The number of carbonyl (C=O) groups is 2. The molecule has 44 heavy (non-hydrogen) atoms. The Morgan fingerprint density at radius 1 is 1.02 bits per heavy atom. The number of hydrogen-bond acceptors (Lipinski definition) is 7. The van der Waals surface area contributed by atoms with Crippen LogP contribution in [0.1, 0.15) is 23.0 Å². The van der Waals surface area contributed by atoms with Crippen LogP contribution in [0.15, 0.2) is 76.5 Å². The third-order valence-electron chi connectivity index (χ3n) is 7.75. The van der Waals surface area contributed by atoms with Gasteiger partial charge in [-0.05, 0) is 55.0 Å². The van der Waals surface area contributed by atoms with E-state index < -0.39 is 27.4 Å². The normalized spacial score (nSPS) is 19.0. The number of fused-ring (bicyclic) bond motifs is 1. The van der Waals surface area contributed by atoms with Crippen molar-refractivity contribution in [3.05, 3.63) is 92.8 Å². The fourth-order valence-corrected chi connectivity index (χ4v) is 7.98. The van der Waals surface area contributed by atoms with E-state index in [1.807, 2.05) is 24.3 Å². The van der Waals surface area contributed by atoms with Crippen LogP contribution in [0.25, 0.3) is 0 Å². The SMILES string of the molecule is CC1(Cc2ccc(Br)cc2)C(=O)N(c2cc(Cl)cc(Cl)c2)c2ncc(S(=O)(=O)N3CCN(C(=O)c4ncccc4O)CC3)n21. The second-order valence-corrected chi connectivity index (χ2v) is 14.3. The number of aromatic nitrogens is 3. The molecule has 1 unspecified atom stereocenters. The van der Waals surface area contributed by atoms with E-state index >= 15 is 0 Å². The highest BCUT2D eigenvalue weighted by atomic mass is 79.9. The van der Waals surface area contributed by atoms with Crippen LogP contribution < -0.4 is 4.90 Å². The molecule has 6 rings (SSSR count). The van der Waals surface area contributed by atoms with Crippen LogP contribution in [0.4, 0.5) is 11.6 Å². The van der Waals surface area contributed by atoms with Gasteiger partial charge in [-0.2, -0.15) is 4.31 Å². The number of imidazole rings is 1. The minimum absolute atomic E-state index is 0.00678. The summed E-state index contributed by atoms with van der Waals surface area (Å²) in [5.41, 5.74) is -0.318. The number of halogens is 3. The second kappa shape index (κ2) is 11.5. The summed E-state index contributed by atoms with van der Waals surface area (Å²) in [5.74, 6) is -1.02. The van der Waals surface area contributed by atoms with Gasteiger partial charge in [-0.3, -0.25) is 14.2 Å². The van der Waals surface area contributed by atoms with Crippen molar-refractivity contribution in [3.63, 3.8) is 0 Å². The van der Waals surface area contributed by atoms with E-state index in [4.69, 9.17) is 23.2 Å². The number of aromatic hydroxyl groups is 1. The van der Waals surface area contributed by atoms with Gasteiger partial charge < -0.3 is 10.0 Å². The third kappa shape index (κ3) is 5.26. The quantitative estimate of drug-likeness (QED) is 0.302. The number of hydrogen-bond donors (Lipinski definition) is 1. The summed E-state index contributed by atoms with van der Waals surface area (Å²) in [6.45, 7) is 1.83. The molecule has 4 aromatic rings. The molecule has 1 N–H and O–H groups in total. The number of rotatable bonds is 6. The summed E-state index contributed by atoms with van der Waals surface area (Å²) >= 11 is 16.0. The number of sulfonamides is 1. The highest BCUT2D eigenvalue weighted by Crippen LogP contribution is 2.45. The Labute approximate surface area is 271 Å². The van der Waals surface area contributed by atoms with Gasteiger partial charge in [0.25, 0.3) is 21.8 Å². The smallest absolute Gasteiger partial charge is 0.276 e. The van der Waals surface area contributed by atoms with Crippen LogP contribution in [0.2, 0.25) is 10.0 Å². The topological polar surface area (TPSA) is 129 Å². The van der Waals surface area contributed by atoms with Gasteiger partial charge in [0, 0.05) is 53.3 Å². The third-order valence-corrected chi connectivity index (χ3v) is 10.6. The van der Waals surface area contributed by atoms with Crippen LogP contribution >= 0.6 is 39.1 Å². The minimum Gasteiger partial charge on any atom is -0.505 e. The van der Waals surface area contributed by atoms with Crippen LogP contribution in [0, 0.1) is 0 Å². The average molecular weight is 720 g/mol. The van der Waals surface area contributed by atoms with E-state index in [0.717, 1.165) is 10.0 Å². The molecule has 11 nitrogen and oxygen atoms in total. The van der Waals surface area contributed by atoms with E-state index in [1.54, 1.807) is 19.1 Å². The lowest BCUT2D eigenvalue weighted by Crippen LogP contribution is -2.51. The van der Waals surface area contributed by atoms with E-state index in [-0.39, 0.29) is 55.0 Å². The largest absolute Gasteiger partial charge is 0.505 e. The summed E-state index contributed by atoms with van der Waals surface area (Å²) in [6.07, 6.45) is 2.83. The first-order valence-electron chi connectivity index (χ1n) is 13.5. The van der Waals surface area contributed by atoms with E-state index in [1.165, 1.54) is 49.3 Å². The number of nitrogens with zero attached hydrogens (tertiary/aromatic N) is 6. The zero-order valence-electron chi connectivity index (χ0n) is 23.2. The number of anilines is 2. The van der Waals surface area contributed by atoms with Crippen LogP contribution in [-0.2, 0) is 26.8 Å². The summed E-state index contributed by atoms with van der Waals surface area (Å²) in [5, 5.41) is 10.5. The van der Waals surface area contributed by atoms with Gasteiger partial charge in [0.1, 0.15) is 11.3 Å². The van der Waals surface area contributed by atoms with Crippen LogP contribution in [0.3, 0.4) is 0 Å². The van der Waals surface area contributed by atoms with Gasteiger partial charge in [0.2, 0.25) is 5.95 Å². The molecule has 2 aromatic carbocycles. The molecule has 2 aliphatic rings. The minimum atomic E-state index is -4.19. The van der Waals surface area contributed by atoms with E-state index in [2.05, 4.69) is 25.9 Å². The van der Waals surface area contributed by atoms with Gasteiger partial charge in [-0.15, -0.1) is 0 Å². The molecule has 15 heteroatoms. The van der Waals surface area contributed by atoms with E-state index in [0.29, 0.717) is 15.7 Å². The van der Waals surface area contributed by atoms with Crippen molar-refractivity contribution in [1.29, 1.82) is 0 Å². The van der Waals surface area contributed by atoms with Gasteiger partial charge in [-0.25, -0.2) is 23.3 Å². The van der Waals surface area contributed by atoms with Crippen LogP contribution in [0.5, 0.6) is 5.75 Å². The maximum absolute atomic E-state index is 14.3. The van der Waals surface area contributed by atoms with Crippen molar-refractivity contribution in [3.8, 4) is 5.75 Å². The second-order valence-electron chi connectivity index (χ2n) is 10.6. The monoisotopic (exact) mass is 718 g/mol. The van der Waals surface area contributed by atoms with Crippen LogP contribution in [-0.4, -0.2) is 75.3 Å². The highest BCUT2D eigenvalue weighted by Gasteiger charge is 2.52. The first kappa shape index (κ1) is 30.5. The maximum Gasteiger partial charge on any atom is 0.276 e. The fourth-order valence-electron chi connectivity index (χ4n) is 5.59. The standard InChI is InChI=1S/C29H25BrCl2N6O5S/c1-29(16-18-4-6-19(30)7-5-18)27(41)37(22-14-20(31)13-21(32)15-22)28-34-17-24(38(28)29)44(42,43)36-11-9-35(10-12-36)26(40)25-23(39)3-2-8-33-25/h2-8,13-15,17,39H,9-12,16H2,1H3. The molecule has 228 valence electrons. The Hall–Kier alpha value is -3.49. The number of carbonyl (C=O) groups excluding carboxylic acids is 2. The number of amides is 2. The predicted molar refractivity (Wildman–Crippen MR) is 168 cm³/mol. The molecule has 0 spiro atoms. The summed E-state index contributed by atoms with van der Waals surface area (Å²) in [6, 6.07) is 15.0. The molecule has 0 saturated carbocycles. The molecular formula is C29H25BrCl2N6O5S. The Morgan fingerprint density at radius 2 is 1.68 bits per heavy atom. The lowest BCUT2D eigenvalue weighted by atomic mass is 9.92. The molecule has 0 aliphatic carbocycles. The van der Waals surface area contributed by atoms with E-state index in [9.17, 15) is 23.1 Å². The van der Waals surface area contributed by atoms with Gasteiger partial charge in [-0.1, -0.05) is 51.3 Å². The first-order valence-corrected chi connectivity index (χ1v) is 16.5. The van der Waals surface area contributed by atoms with Crippen molar-refractivity contribution in [2.75, 3.05) is 31.1 Å². The molecule has 4 heterocycles. The molecule has 0 bridgehead atoms. The lowest BCUT2D eigenvalue weighted by Gasteiger charge is -2.34. The Morgan fingerprint density at radius 3 is 2.32 bits per heavy atom. The highest BCUT2D eigenvalue weighted by molar-refractivity contribution is 9.10. The lowest BCUT2D eigenvalue weighted by molar-refractivity contribution is -0.124. The number of benzene rings is 2. The molecule has 2 aromatic heterocycles. The maximum atomic E-state index is 14.3. The van der Waals surface area contributed by atoms with Gasteiger partial charge >= 0.3 is 0 Å². The number of pyridine rings is 1. The van der Waals surface area contributed by atoms with Crippen molar-refractivity contribution in [1.82, 2.24) is 23.7 Å². The number of piperazine rings is 1. The Kier molecular flexibility index (Phi) is 7.95. The molecular weight excluding hydrogens is 695 g/mol. The van der Waals surface area contributed by atoms with Crippen molar-refractivity contribution < 1.29 is 23.1 Å². The Bertz CT molecular complexity index is 1880. The molecule has 2 amide bonds. The zero-order chi connectivity index (χ0) is 31.4. The summed E-state index contributed by atoms with van der Waals surface area (Å²) < 4.78 is 32.0. The Balaban J connectivity index is 1.36. The fraction of sp³-hybridized carbons (Fsp3) is 0.241. The molecule has 1 saturated heterocycles. The molecule has 2 aliphatic heterocycles. The molecule has 1 atom stereocenters. The zero-order valence-corrected chi connectivity index (χ0v) is 27.1. The van der Waals surface area contributed by atoms with Crippen molar-refractivity contribution in [2.24, 2.45) is 0 Å². The average Bonchev–Trinajstić information content (AvgIpc) is 3.52. The van der Waals surface area contributed by atoms with Gasteiger partial charge in [0.15, 0.2) is 10.7 Å². The molecule has 1 fully saturated rings. The summed E-state index contributed by atoms with van der Waals surface area (Å²) in [7, 11) is -4.19. The van der Waals surface area contributed by atoms with Crippen molar-refractivity contribution in [2.45, 2.75) is 23.9 Å². The van der Waals surface area contributed by atoms with Crippen molar-refractivity contribution >= 4 is 72.6 Å².